The van der Waals surface area contributed by atoms with Crippen LogP contribution in [0.2, 0.25) is 0 Å². The van der Waals surface area contributed by atoms with Crippen LogP contribution in [-0.2, 0) is 4.74 Å². The van der Waals surface area contributed by atoms with E-state index in [1.54, 1.807) is 18.3 Å². The Morgan fingerprint density at radius 1 is 1.09 bits per heavy atom. The highest BCUT2D eigenvalue weighted by Crippen LogP contribution is 2.31. The second-order valence-corrected chi connectivity index (χ2v) is 5.49. The first kappa shape index (κ1) is 13.4. The van der Waals surface area contributed by atoms with Crippen LogP contribution in [0.3, 0.4) is 0 Å². The predicted octanol–water partition coefficient (Wildman–Crippen LogP) is 3.45. The highest BCUT2D eigenvalue weighted by atomic mass is 19.1. The Labute approximate surface area is 127 Å². The molecule has 0 saturated carbocycles. The van der Waals surface area contributed by atoms with Crippen molar-refractivity contribution in [3.8, 4) is 5.69 Å². The number of fused-ring (bicyclic) bond motifs is 1. The molecule has 2 aromatic heterocycles. The Morgan fingerprint density at radius 2 is 1.91 bits per heavy atom. The number of imidazole rings is 1. The molecular formula is C17H16FN3O. The summed E-state index contributed by atoms with van der Waals surface area (Å²) >= 11 is 0. The summed E-state index contributed by atoms with van der Waals surface area (Å²) in [5, 5.41) is 0. The van der Waals surface area contributed by atoms with Gasteiger partial charge in [0.15, 0.2) is 5.65 Å². The van der Waals surface area contributed by atoms with Crippen LogP contribution >= 0.6 is 0 Å². The third-order valence-electron chi connectivity index (χ3n) is 4.12. The summed E-state index contributed by atoms with van der Waals surface area (Å²) in [7, 11) is 0. The van der Waals surface area contributed by atoms with Crippen LogP contribution in [0.15, 0.2) is 42.6 Å². The second kappa shape index (κ2) is 5.50. The highest BCUT2D eigenvalue weighted by Gasteiger charge is 2.25. The molecule has 3 aromatic rings. The fraction of sp³-hybridized carbons (Fsp3) is 0.294. The van der Waals surface area contributed by atoms with Gasteiger partial charge in [-0.15, -0.1) is 0 Å². The molecule has 1 aliphatic heterocycles. The van der Waals surface area contributed by atoms with E-state index < -0.39 is 0 Å². The molecule has 0 unspecified atom stereocenters. The molecule has 0 spiro atoms. The third-order valence-corrected chi connectivity index (χ3v) is 4.12. The molecule has 4 nitrogen and oxygen atoms in total. The average molecular weight is 297 g/mol. The van der Waals surface area contributed by atoms with Gasteiger partial charge in [0.05, 0.1) is 5.69 Å². The number of rotatable bonds is 2. The minimum atomic E-state index is -0.263. The van der Waals surface area contributed by atoms with E-state index in [1.165, 1.54) is 6.07 Å². The molecule has 0 bridgehead atoms. The Bertz CT molecular complexity index is 809. The quantitative estimate of drug-likeness (QED) is 0.727. The Balaban J connectivity index is 1.96. The van der Waals surface area contributed by atoms with Crippen molar-refractivity contribution in [1.82, 2.24) is 14.5 Å². The van der Waals surface area contributed by atoms with Crippen molar-refractivity contribution in [2.75, 3.05) is 13.2 Å². The van der Waals surface area contributed by atoms with Crippen molar-refractivity contribution in [1.29, 1.82) is 0 Å². The van der Waals surface area contributed by atoms with Gasteiger partial charge >= 0.3 is 0 Å². The number of ether oxygens (including phenoxy) is 1. The fourth-order valence-electron chi connectivity index (χ4n) is 3.03. The molecular weight excluding hydrogens is 281 g/mol. The number of hydrogen-bond donors (Lipinski definition) is 0. The van der Waals surface area contributed by atoms with E-state index in [1.807, 2.05) is 22.8 Å². The summed E-state index contributed by atoms with van der Waals surface area (Å²) in [5.41, 5.74) is 2.01. The van der Waals surface area contributed by atoms with Crippen molar-refractivity contribution >= 4 is 11.2 Å². The van der Waals surface area contributed by atoms with Gasteiger partial charge in [-0.2, -0.15) is 0 Å². The van der Waals surface area contributed by atoms with Crippen molar-refractivity contribution in [2.45, 2.75) is 18.8 Å². The van der Waals surface area contributed by atoms with E-state index in [2.05, 4.69) is 4.98 Å². The number of para-hydroxylation sites is 1. The zero-order chi connectivity index (χ0) is 14.9. The van der Waals surface area contributed by atoms with Crippen molar-refractivity contribution in [2.24, 2.45) is 0 Å². The fourth-order valence-corrected chi connectivity index (χ4v) is 3.03. The molecule has 0 amide bonds. The first-order valence-electron chi connectivity index (χ1n) is 7.50. The van der Waals surface area contributed by atoms with Gasteiger partial charge in [-0.05, 0) is 37.1 Å². The maximum atomic E-state index is 14.3. The van der Waals surface area contributed by atoms with Gasteiger partial charge in [-0.1, -0.05) is 12.1 Å². The minimum Gasteiger partial charge on any atom is -0.381 e. The maximum Gasteiger partial charge on any atom is 0.164 e. The zero-order valence-corrected chi connectivity index (χ0v) is 12.1. The Morgan fingerprint density at radius 3 is 2.73 bits per heavy atom. The monoisotopic (exact) mass is 297 g/mol. The molecule has 1 aromatic carbocycles. The summed E-state index contributed by atoms with van der Waals surface area (Å²) in [5.74, 6) is 0.880. The van der Waals surface area contributed by atoms with Gasteiger partial charge in [0.25, 0.3) is 0 Å². The molecule has 0 aliphatic carbocycles. The lowest BCUT2D eigenvalue weighted by atomic mass is 9.99. The molecule has 112 valence electrons. The lowest BCUT2D eigenvalue weighted by Gasteiger charge is -2.22. The average Bonchev–Trinajstić information content (AvgIpc) is 2.95. The van der Waals surface area contributed by atoms with E-state index >= 15 is 0 Å². The van der Waals surface area contributed by atoms with Gasteiger partial charge in [0.1, 0.15) is 17.2 Å². The van der Waals surface area contributed by atoms with E-state index in [4.69, 9.17) is 9.72 Å². The molecule has 0 radical (unpaired) electrons. The van der Waals surface area contributed by atoms with Crippen LogP contribution in [-0.4, -0.2) is 27.7 Å². The van der Waals surface area contributed by atoms with Crippen LogP contribution < -0.4 is 0 Å². The number of halogens is 1. The Hall–Kier alpha value is -2.27. The van der Waals surface area contributed by atoms with E-state index in [0.29, 0.717) is 11.3 Å². The minimum absolute atomic E-state index is 0.263. The molecule has 3 heterocycles. The molecule has 0 atom stereocenters. The van der Waals surface area contributed by atoms with Gasteiger partial charge < -0.3 is 4.74 Å². The molecule has 5 heteroatoms. The Kier molecular flexibility index (Phi) is 3.35. The number of aromatic nitrogens is 3. The molecule has 22 heavy (non-hydrogen) atoms. The van der Waals surface area contributed by atoms with Crippen LogP contribution in [0.4, 0.5) is 4.39 Å². The topological polar surface area (TPSA) is 39.9 Å². The van der Waals surface area contributed by atoms with Crippen molar-refractivity contribution in [3.05, 3.63) is 54.2 Å². The predicted molar refractivity (Wildman–Crippen MR) is 81.6 cm³/mol. The summed E-state index contributed by atoms with van der Waals surface area (Å²) < 4.78 is 21.6. The van der Waals surface area contributed by atoms with Crippen molar-refractivity contribution in [3.63, 3.8) is 0 Å². The number of hydrogen-bond acceptors (Lipinski definition) is 3. The van der Waals surface area contributed by atoms with Gasteiger partial charge in [-0.25, -0.2) is 14.4 Å². The maximum absolute atomic E-state index is 14.3. The van der Waals surface area contributed by atoms with E-state index in [9.17, 15) is 4.39 Å². The van der Waals surface area contributed by atoms with Crippen LogP contribution in [0.5, 0.6) is 0 Å². The number of benzene rings is 1. The summed E-state index contributed by atoms with van der Waals surface area (Å²) in [6.07, 6.45) is 3.52. The first-order chi connectivity index (χ1) is 10.8. The first-order valence-corrected chi connectivity index (χ1v) is 7.50. The highest BCUT2D eigenvalue weighted by molar-refractivity contribution is 5.74. The van der Waals surface area contributed by atoms with Crippen LogP contribution in [0, 0.1) is 5.82 Å². The van der Waals surface area contributed by atoms with Crippen molar-refractivity contribution < 1.29 is 9.13 Å². The summed E-state index contributed by atoms with van der Waals surface area (Å²) in [6, 6.07) is 10.5. The lowest BCUT2D eigenvalue weighted by Crippen LogP contribution is -2.18. The smallest absolute Gasteiger partial charge is 0.164 e. The summed E-state index contributed by atoms with van der Waals surface area (Å²) in [4.78, 5) is 9.15. The molecule has 1 aliphatic rings. The van der Waals surface area contributed by atoms with E-state index in [-0.39, 0.29) is 11.7 Å². The molecule has 4 rings (SSSR count). The number of nitrogens with zero attached hydrogens (tertiary/aromatic N) is 3. The van der Waals surface area contributed by atoms with Crippen LogP contribution in [0.25, 0.3) is 16.9 Å². The normalized spacial score (nSPS) is 16.2. The lowest BCUT2D eigenvalue weighted by molar-refractivity contribution is 0.0833. The molecule has 1 saturated heterocycles. The number of pyridine rings is 1. The van der Waals surface area contributed by atoms with Gasteiger partial charge in [0.2, 0.25) is 0 Å². The molecule has 1 fully saturated rings. The third kappa shape index (κ3) is 2.18. The second-order valence-electron chi connectivity index (χ2n) is 5.49. The standard InChI is InChI=1S/C17H16FN3O/c18-13-4-1-2-6-15(13)21-16(12-7-10-22-11-8-12)20-14-5-3-9-19-17(14)21/h1-6,9,12H,7-8,10-11H2. The van der Waals surface area contributed by atoms with Gasteiger partial charge in [-0.3, -0.25) is 4.57 Å². The molecule has 0 N–H and O–H groups in total. The van der Waals surface area contributed by atoms with Gasteiger partial charge in [0, 0.05) is 25.3 Å². The zero-order valence-electron chi connectivity index (χ0n) is 12.1. The van der Waals surface area contributed by atoms with Crippen LogP contribution in [0.1, 0.15) is 24.6 Å². The SMILES string of the molecule is Fc1ccccc1-n1c(C2CCOCC2)nc2cccnc21. The summed E-state index contributed by atoms with van der Waals surface area (Å²) in [6.45, 7) is 1.44. The largest absolute Gasteiger partial charge is 0.381 e. The van der Waals surface area contributed by atoms with E-state index in [0.717, 1.165) is 37.4 Å².